The van der Waals surface area contributed by atoms with Gasteiger partial charge in [0.15, 0.2) is 12.0 Å². The Labute approximate surface area is 262 Å². The molecule has 5 aromatic carbocycles. The van der Waals surface area contributed by atoms with E-state index in [1.807, 2.05) is 53.6 Å². The van der Waals surface area contributed by atoms with Gasteiger partial charge in [0.25, 0.3) is 0 Å². The number of nitrogens with one attached hydrogen (secondary N) is 2. The first kappa shape index (κ1) is 27.0. The van der Waals surface area contributed by atoms with E-state index in [0.717, 1.165) is 61.7 Å². The summed E-state index contributed by atoms with van der Waals surface area (Å²) in [4.78, 5) is 12.2. The van der Waals surface area contributed by atoms with Crippen molar-refractivity contribution in [3.05, 3.63) is 167 Å². The first-order valence-corrected chi connectivity index (χ1v) is 15.2. The Kier molecular flexibility index (Phi) is 6.50. The number of nitrogens with zero attached hydrogens (tertiary/aromatic N) is 3. The molecule has 1 aromatic heterocycles. The van der Waals surface area contributed by atoms with Crippen molar-refractivity contribution in [3.63, 3.8) is 0 Å². The molecule has 2 aliphatic heterocycles. The lowest BCUT2D eigenvalue weighted by atomic mass is 9.95. The maximum atomic E-state index is 7.14. The molecule has 2 N–H and O–H groups in total. The third-order valence-corrected chi connectivity index (χ3v) is 8.87. The SMILES string of the molecule is C=C1c2ccccc2N(C2NC(c3ccccc3)=NC(c3ccccc3)N2)Oc2c1ccc1c2c(C)c(C)n1-c1ccccc1. The smallest absolute Gasteiger partial charge is 0.192 e. The number of hydroxylamine groups is 1. The zero-order valence-electron chi connectivity index (χ0n) is 25.2. The largest absolute Gasteiger partial charge is 0.375 e. The molecule has 0 fully saturated rings. The molecule has 8 rings (SSSR count). The first-order valence-electron chi connectivity index (χ1n) is 15.2. The van der Waals surface area contributed by atoms with Crippen molar-refractivity contribution in [1.82, 2.24) is 15.2 Å². The molecule has 0 radical (unpaired) electrons. The molecular formula is C39H33N5O. The van der Waals surface area contributed by atoms with Gasteiger partial charge >= 0.3 is 0 Å². The molecule has 0 bridgehead atoms. The number of aromatic nitrogens is 1. The van der Waals surface area contributed by atoms with Crippen molar-refractivity contribution in [2.45, 2.75) is 26.3 Å². The van der Waals surface area contributed by atoms with Crippen molar-refractivity contribution in [2.75, 3.05) is 5.06 Å². The van der Waals surface area contributed by atoms with Crippen LogP contribution >= 0.6 is 0 Å². The van der Waals surface area contributed by atoms with E-state index in [2.05, 4.69) is 114 Å². The molecule has 2 atom stereocenters. The number of fused-ring (bicyclic) bond motifs is 4. The van der Waals surface area contributed by atoms with Crippen LogP contribution in [0.25, 0.3) is 22.2 Å². The number of rotatable bonds is 4. The second-order valence-corrected chi connectivity index (χ2v) is 11.5. The second kappa shape index (κ2) is 10.8. The molecule has 6 aromatic rings. The summed E-state index contributed by atoms with van der Waals surface area (Å²) in [5.41, 5.74) is 10.4. The molecule has 0 spiro atoms. The summed E-state index contributed by atoms with van der Waals surface area (Å²) in [6, 6.07) is 43.7. The van der Waals surface area contributed by atoms with Crippen LogP contribution in [0.3, 0.4) is 0 Å². The molecule has 220 valence electrons. The Morgan fingerprint density at radius 1 is 0.733 bits per heavy atom. The number of aryl methyl sites for hydroxylation is 1. The van der Waals surface area contributed by atoms with E-state index in [0.29, 0.717) is 0 Å². The standard InChI is InChI=1S/C39H33N5O/c1-25-27(3)43(30-19-11-6-12-20-30)34-24-23-32-26(2)31-21-13-14-22-33(31)44(45-36(32)35(25)34)39-41-37(28-15-7-4-8-16-28)40-38(42-39)29-17-9-5-10-18-29/h4-24,37,39,41H,2H2,1,3H3,(H,40,42). The highest BCUT2D eigenvalue weighted by Gasteiger charge is 2.35. The Morgan fingerprint density at radius 2 is 1.40 bits per heavy atom. The average molecular weight is 588 g/mol. The maximum absolute atomic E-state index is 7.14. The second-order valence-electron chi connectivity index (χ2n) is 11.5. The van der Waals surface area contributed by atoms with Gasteiger partial charge in [-0.25, -0.2) is 4.99 Å². The summed E-state index contributed by atoms with van der Waals surface area (Å²) < 4.78 is 2.31. The fraction of sp³-hybridized carbons (Fsp3) is 0.103. The molecule has 45 heavy (non-hydrogen) atoms. The van der Waals surface area contributed by atoms with Crippen LogP contribution in [-0.2, 0) is 0 Å². The van der Waals surface area contributed by atoms with E-state index in [1.165, 1.54) is 11.3 Å². The number of benzene rings is 5. The Morgan fingerprint density at radius 3 is 2.16 bits per heavy atom. The van der Waals surface area contributed by atoms with E-state index in [9.17, 15) is 0 Å². The number of hydrogen-bond donors (Lipinski definition) is 2. The molecular weight excluding hydrogens is 554 g/mol. The van der Waals surface area contributed by atoms with E-state index in [-0.39, 0.29) is 6.17 Å². The highest BCUT2D eigenvalue weighted by molar-refractivity contribution is 6.01. The summed E-state index contributed by atoms with van der Waals surface area (Å²) >= 11 is 0. The molecule has 2 unspecified atom stereocenters. The van der Waals surface area contributed by atoms with Gasteiger partial charge < -0.3 is 14.7 Å². The minimum Gasteiger partial charge on any atom is -0.375 e. The normalized spacial score (nSPS) is 17.5. The van der Waals surface area contributed by atoms with Gasteiger partial charge in [-0.2, -0.15) is 5.06 Å². The molecule has 0 saturated heterocycles. The Balaban J connectivity index is 1.31. The molecule has 2 aliphatic rings. The van der Waals surface area contributed by atoms with Gasteiger partial charge in [0.05, 0.1) is 11.2 Å². The van der Waals surface area contributed by atoms with Crippen LogP contribution < -0.4 is 20.5 Å². The van der Waals surface area contributed by atoms with Gasteiger partial charge in [-0.15, -0.1) is 0 Å². The summed E-state index contributed by atoms with van der Waals surface area (Å²) in [6.45, 7) is 8.95. The van der Waals surface area contributed by atoms with Crippen molar-refractivity contribution in [3.8, 4) is 11.4 Å². The van der Waals surface area contributed by atoms with E-state index < -0.39 is 6.29 Å². The van der Waals surface area contributed by atoms with Crippen molar-refractivity contribution in [2.24, 2.45) is 4.99 Å². The van der Waals surface area contributed by atoms with E-state index in [4.69, 9.17) is 9.83 Å². The minimum absolute atomic E-state index is 0.298. The van der Waals surface area contributed by atoms with Crippen molar-refractivity contribution < 1.29 is 4.84 Å². The number of aliphatic imine (C=N–C) groups is 1. The lowest BCUT2D eigenvalue weighted by Gasteiger charge is -2.39. The number of para-hydroxylation sites is 2. The van der Waals surface area contributed by atoms with Crippen LogP contribution in [-0.4, -0.2) is 16.7 Å². The quantitative estimate of drug-likeness (QED) is 0.219. The van der Waals surface area contributed by atoms with Gasteiger partial charge in [-0.1, -0.05) is 104 Å². The molecule has 0 saturated carbocycles. The van der Waals surface area contributed by atoms with Crippen molar-refractivity contribution >= 4 is 28.0 Å². The Hall–Kier alpha value is -5.59. The summed E-state index contributed by atoms with van der Waals surface area (Å²) in [5, 5.41) is 10.4. The van der Waals surface area contributed by atoms with Gasteiger partial charge in [-0.05, 0) is 60.9 Å². The topological polar surface area (TPSA) is 53.8 Å². The lowest BCUT2D eigenvalue weighted by molar-refractivity contribution is 0.198. The van der Waals surface area contributed by atoms with Crippen LogP contribution in [0.2, 0.25) is 0 Å². The zero-order valence-corrected chi connectivity index (χ0v) is 25.2. The van der Waals surface area contributed by atoms with Gasteiger partial charge in [0.2, 0.25) is 0 Å². The highest BCUT2D eigenvalue weighted by atomic mass is 16.7. The fourth-order valence-corrected chi connectivity index (χ4v) is 6.51. The third-order valence-electron chi connectivity index (χ3n) is 8.87. The number of amidine groups is 1. The van der Waals surface area contributed by atoms with E-state index >= 15 is 0 Å². The van der Waals surface area contributed by atoms with Crippen LogP contribution in [0.1, 0.15) is 39.7 Å². The minimum atomic E-state index is -0.462. The van der Waals surface area contributed by atoms with Crippen LogP contribution in [0.15, 0.2) is 139 Å². The monoisotopic (exact) mass is 587 g/mol. The molecule has 0 amide bonds. The first-order chi connectivity index (χ1) is 22.1. The highest BCUT2D eigenvalue weighted by Crippen LogP contribution is 2.46. The molecule has 6 nitrogen and oxygen atoms in total. The predicted octanol–water partition coefficient (Wildman–Crippen LogP) is 8.04. The maximum Gasteiger partial charge on any atom is 0.192 e. The zero-order chi connectivity index (χ0) is 30.5. The number of anilines is 1. The summed E-state index contributed by atoms with van der Waals surface area (Å²) in [5.74, 6) is 1.57. The van der Waals surface area contributed by atoms with Gasteiger partial charge in [0, 0.05) is 33.5 Å². The number of hydrogen-bond acceptors (Lipinski definition) is 5. The van der Waals surface area contributed by atoms with E-state index in [1.54, 1.807) is 0 Å². The lowest BCUT2D eigenvalue weighted by Crippen LogP contribution is -2.61. The summed E-state index contributed by atoms with van der Waals surface area (Å²) in [6.07, 6.45) is -0.760. The molecule has 0 aliphatic carbocycles. The average Bonchev–Trinajstić information content (AvgIpc) is 3.28. The van der Waals surface area contributed by atoms with Crippen molar-refractivity contribution in [1.29, 1.82) is 0 Å². The van der Waals surface area contributed by atoms with Crippen LogP contribution in [0.5, 0.6) is 5.75 Å². The fourth-order valence-electron chi connectivity index (χ4n) is 6.51. The van der Waals surface area contributed by atoms with Gasteiger partial charge in [-0.3, -0.25) is 5.32 Å². The molecule has 6 heteroatoms. The third kappa shape index (κ3) is 4.50. The molecule has 3 heterocycles. The predicted molar refractivity (Wildman–Crippen MR) is 183 cm³/mol. The van der Waals surface area contributed by atoms with Gasteiger partial charge in [0.1, 0.15) is 12.0 Å². The van der Waals surface area contributed by atoms with Crippen LogP contribution in [0, 0.1) is 13.8 Å². The van der Waals surface area contributed by atoms with Crippen LogP contribution in [0.4, 0.5) is 5.69 Å². The Bertz CT molecular complexity index is 2080. The summed E-state index contributed by atoms with van der Waals surface area (Å²) in [7, 11) is 0.